The zero-order valence-electron chi connectivity index (χ0n) is 11.0. The van der Waals surface area contributed by atoms with Gasteiger partial charge < -0.3 is 14.5 Å². The molecule has 0 unspecified atom stereocenters. The zero-order chi connectivity index (χ0) is 13.8. The first-order valence-corrected chi connectivity index (χ1v) is 6.73. The normalized spacial score (nSPS) is 16.2. The van der Waals surface area contributed by atoms with Crippen molar-refractivity contribution in [2.24, 2.45) is 0 Å². The Morgan fingerprint density at radius 1 is 1.25 bits per heavy atom. The molecule has 1 N–H and O–H groups in total. The standard InChI is InChI=1S/C14H16FN3O2/c15-11-3-1-2-4-12(11)19-9-13-17-18-14(20-13)10-5-7-16-8-6-10/h1-4,10,16H,5-9H2. The lowest BCUT2D eigenvalue weighted by Gasteiger charge is -2.18. The average molecular weight is 277 g/mol. The molecule has 2 heterocycles. The minimum Gasteiger partial charge on any atom is -0.481 e. The van der Waals surface area contributed by atoms with Gasteiger partial charge in [0.2, 0.25) is 5.89 Å². The van der Waals surface area contributed by atoms with Crippen molar-refractivity contribution in [1.29, 1.82) is 0 Å². The summed E-state index contributed by atoms with van der Waals surface area (Å²) < 4.78 is 24.3. The number of hydrogen-bond donors (Lipinski definition) is 1. The van der Waals surface area contributed by atoms with Gasteiger partial charge >= 0.3 is 0 Å². The van der Waals surface area contributed by atoms with Crippen molar-refractivity contribution in [3.63, 3.8) is 0 Å². The molecule has 1 fully saturated rings. The van der Waals surface area contributed by atoms with Crippen molar-refractivity contribution in [3.8, 4) is 5.75 Å². The molecule has 1 aromatic heterocycles. The highest BCUT2D eigenvalue weighted by molar-refractivity contribution is 5.23. The molecule has 0 amide bonds. The van der Waals surface area contributed by atoms with Crippen LogP contribution in [0.15, 0.2) is 28.7 Å². The largest absolute Gasteiger partial charge is 0.481 e. The summed E-state index contributed by atoms with van der Waals surface area (Å²) in [6.07, 6.45) is 1.99. The molecule has 3 rings (SSSR count). The van der Waals surface area contributed by atoms with Crippen LogP contribution in [-0.4, -0.2) is 23.3 Å². The molecule has 0 radical (unpaired) electrons. The van der Waals surface area contributed by atoms with E-state index in [0.29, 0.717) is 17.7 Å². The molecule has 6 heteroatoms. The molecular weight excluding hydrogens is 261 g/mol. The van der Waals surface area contributed by atoms with Gasteiger partial charge in [-0.05, 0) is 38.1 Å². The molecule has 0 bridgehead atoms. The molecule has 1 aliphatic rings. The van der Waals surface area contributed by atoms with Crippen LogP contribution in [0.3, 0.4) is 0 Å². The second-order valence-corrected chi connectivity index (χ2v) is 4.78. The van der Waals surface area contributed by atoms with Gasteiger partial charge in [-0.3, -0.25) is 0 Å². The third-order valence-electron chi connectivity index (χ3n) is 3.36. The molecule has 1 saturated heterocycles. The van der Waals surface area contributed by atoms with E-state index in [1.165, 1.54) is 6.07 Å². The van der Waals surface area contributed by atoms with Crippen molar-refractivity contribution in [3.05, 3.63) is 41.9 Å². The molecule has 106 valence electrons. The second kappa shape index (κ2) is 6.00. The van der Waals surface area contributed by atoms with E-state index in [4.69, 9.17) is 9.15 Å². The maximum absolute atomic E-state index is 13.4. The molecule has 0 atom stereocenters. The van der Waals surface area contributed by atoms with E-state index >= 15 is 0 Å². The van der Waals surface area contributed by atoms with Crippen LogP contribution in [0.5, 0.6) is 5.75 Å². The number of nitrogens with zero attached hydrogens (tertiary/aromatic N) is 2. The molecule has 1 aromatic carbocycles. The summed E-state index contributed by atoms with van der Waals surface area (Å²) in [5.41, 5.74) is 0. The zero-order valence-corrected chi connectivity index (χ0v) is 11.0. The van der Waals surface area contributed by atoms with E-state index < -0.39 is 5.82 Å². The highest BCUT2D eigenvalue weighted by Gasteiger charge is 2.21. The van der Waals surface area contributed by atoms with Gasteiger partial charge in [0.15, 0.2) is 18.2 Å². The van der Waals surface area contributed by atoms with Gasteiger partial charge in [-0.1, -0.05) is 12.1 Å². The van der Waals surface area contributed by atoms with Crippen molar-refractivity contribution in [2.45, 2.75) is 25.4 Å². The number of nitrogens with one attached hydrogen (secondary N) is 1. The van der Waals surface area contributed by atoms with Crippen LogP contribution in [0.2, 0.25) is 0 Å². The first-order valence-electron chi connectivity index (χ1n) is 6.73. The summed E-state index contributed by atoms with van der Waals surface area (Å²) in [4.78, 5) is 0. The van der Waals surface area contributed by atoms with Crippen molar-refractivity contribution in [1.82, 2.24) is 15.5 Å². The van der Waals surface area contributed by atoms with E-state index in [1.807, 2.05) is 0 Å². The van der Waals surface area contributed by atoms with Crippen LogP contribution < -0.4 is 10.1 Å². The molecule has 5 nitrogen and oxygen atoms in total. The fraction of sp³-hybridized carbons (Fsp3) is 0.429. The molecule has 1 aliphatic heterocycles. The third-order valence-corrected chi connectivity index (χ3v) is 3.36. The highest BCUT2D eigenvalue weighted by Crippen LogP contribution is 2.24. The number of ether oxygens (including phenoxy) is 1. The molecule has 0 spiro atoms. The van der Waals surface area contributed by atoms with Crippen molar-refractivity contribution >= 4 is 0 Å². The van der Waals surface area contributed by atoms with Gasteiger partial charge in [-0.2, -0.15) is 0 Å². The Kier molecular flexibility index (Phi) is 3.92. The van der Waals surface area contributed by atoms with Crippen LogP contribution in [0, 0.1) is 5.82 Å². The van der Waals surface area contributed by atoms with Gasteiger partial charge in [0.1, 0.15) is 0 Å². The van der Waals surface area contributed by atoms with Crippen molar-refractivity contribution in [2.75, 3.05) is 13.1 Å². The summed E-state index contributed by atoms with van der Waals surface area (Å²) in [5, 5.41) is 11.3. The van der Waals surface area contributed by atoms with Gasteiger partial charge in [0.25, 0.3) is 5.89 Å². The number of rotatable bonds is 4. The molecule has 20 heavy (non-hydrogen) atoms. The Morgan fingerprint density at radius 3 is 2.85 bits per heavy atom. The Labute approximate surface area is 116 Å². The first kappa shape index (κ1) is 13.1. The first-order chi connectivity index (χ1) is 9.83. The minimum absolute atomic E-state index is 0.0822. The van der Waals surface area contributed by atoms with Crippen LogP contribution in [0.4, 0.5) is 4.39 Å². The molecule has 0 saturated carbocycles. The van der Waals surface area contributed by atoms with Crippen LogP contribution in [-0.2, 0) is 6.61 Å². The Hall–Kier alpha value is -1.95. The minimum atomic E-state index is -0.398. The fourth-order valence-corrected chi connectivity index (χ4v) is 2.26. The Morgan fingerprint density at radius 2 is 2.05 bits per heavy atom. The van der Waals surface area contributed by atoms with E-state index in [9.17, 15) is 4.39 Å². The lowest BCUT2D eigenvalue weighted by atomic mass is 9.98. The predicted molar refractivity (Wildman–Crippen MR) is 69.9 cm³/mol. The monoisotopic (exact) mass is 277 g/mol. The summed E-state index contributed by atoms with van der Waals surface area (Å²) in [5.74, 6) is 1.13. The summed E-state index contributed by atoms with van der Waals surface area (Å²) in [7, 11) is 0. The molecular formula is C14H16FN3O2. The van der Waals surface area contributed by atoms with Crippen LogP contribution >= 0.6 is 0 Å². The number of hydrogen-bond acceptors (Lipinski definition) is 5. The quantitative estimate of drug-likeness (QED) is 0.928. The summed E-state index contributed by atoms with van der Waals surface area (Å²) >= 11 is 0. The Bertz CT molecular complexity index is 567. The van der Waals surface area contributed by atoms with E-state index in [2.05, 4.69) is 15.5 Å². The lowest BCUT2D eigenvalue weighted by Crippen LogP contribution is -2.26. The fourth-order valence-electron chi connectivity index (χ4n) is 2.26. The second-order valence-electron chi connectivity index (χ2n) is 4.78. The number of para-hydroxylation sites is 1. The maximum Gasteiger partial charge on any atom is 0.253 e. The van der Waals surface area contributed by atoms with E-state index in [-0.39, 0.29) is 12.4 Å². The SMILES string of the molecule is Fc1ccccc1OCc1nnc(C2CCNCC2)o1. The smallest absolute Gasteiger partial charge is 0.253 e. The number of aromatic nitrogens is 2. The maximum atomic E-state index is 13.4. The number of halogens is 1. The van der Waals surface area contributed by atoms with Gasteiger partial charge in [-0.25, -0.2) is 4.39 Å². The van der Waals surface area contributed by atoms with Gasteiger partial charge in [-0.15, -0.1) is 10.2 Å². The van der Waals surface area contributed by atoms with Crippen LogP contribution in [0.1, 0.15) is 30.5 Å². The molecule has 0 aliphatic carbocycles. The van der Waals surface area contributed by atoms with Gasteiger partial charge in [0.05, 0.1) is 0 Å². The number of benzene rings is 1. The van der Waals surface area contributed by atoms with Crippen LogP contribution in [0.25, 0.3) is 0 Å². The summed E-state index contributed by atoms with van der Waals surface area (Å²) in [6.45, 7) is 2.01. The third kappa shape index (κ3) is 2.96. The lowest BCUT2D eigenvalue weighted by molar-refractivity contribution is 0.243. The summed E-state index contributed by atoms with van der Waals surface area (Å²) in [6, 6.07) is 6.25. The predicted octanol–water partition coefficient (Wildman–Crippen LogP) is 2.25. The highest BCUT2D eigenvalue weighted by atomic mass is 19.1. The van der Waals surface area contributed by atoms with E-state index in [1.54, 1.807) is 18.2 Å². The Balaban J connectivity index is 1.61. The number of piperidine rings is 1. The topological polar surface area (TPSA) is 60.2 Å². The van der Waals surface area contributed by atoms with Gasteiger partial charge in [0, 0.05) is 5.92 Å². The molecule has 2 aromatic rings. The van der Waals surface area contributed by atoms with Crippen molar-refractivity contribution < 1.29 is 13.5 Å². The van der Waals surface area contributed by atoms with E-state index in [0.717, 1.165) is 25.9 Å². The average Bonchev–Trinajstić information content (AvgIpc) is 2.96.